The van der Waals surface area contributed by atoms with Crippen molar-refractivity contribution in [2.45, 2.75) is 6.43 Å². The van der Waals surface area contributed by atoms with Crippen molar-refractivity contribution in [3.63, 3.8) is 0 Å². The maximum Gasteiger partial charge on any atom is 0.266 e. The van der Waals surface area contributed by atoms with Gasteiger partial charge >= 0.3 is 0 Å². The molecule has 1 heterocycles. The van der Waals surface area contributed by atoms with Gasteiger partial charge in [-0.15, -0.1) is 0 Å². The van der Waals surface area contributed by atoms with E-state index >= 15 is 0 Å². The Labute approximate surface area is 71.4 Å². The molecule has 0 spiro atoms. The minimum absolute atomic E-state index is 0.00509. The Balaban J connectivity index is 3.38. The monoisotopic (exact) mass is 190 g/mol. The number of hydrogen-bond donors (Lipinski definition) is 1. The number of aldehydes is 1. The molecule has 6 heteroatoms. The minimum atomic E-state index is -2.94. The number of carbonyl (C=O) groups is 1. The zero-order chi connectivity index (χ0) is 10.0. The van der Waals surface area contributed by atoms with Crippen LogP contribution in [0.15, 0.2) is 6.20 Å². The number of carbonyl (C=O) groups excluding carboxylic acids is 1. The standard InChI is InChI=1S/C7H5F3N2O/c8-5-4(2-13)3(6(9)10)1-12-7(5)11/h1-2,6H,(H2,11,12). The summed E-state index contributed by atoms with van der Waals surface area (Å²) in [7, 11) is 0. The Morgan fingerprint density at radius 1 is 1.54 bits per heavy atom. The predicted octanol–water partition coefficient (Wildman–Crippen LogP) is 1.55. The fourth-order valence-corrected chi connectivity index (χ4v) is 0.824. The van der Waals surface area contributed by atoms with E-state index in [4.69, 9.17) is 5.73 Å². The lowest BCUT2D eigenvalue weighted by Crippen LogP contribution is -2.04. The molecule has 13 heavy (non-hydrogen) atoms. The number of nitrogen functional groups attached to an aromatic ring is 1. The number of pyridine rings is 1. The molecule has 0 saturated carbocycles. The average molecular weight is 190 g/mol. The van der Waals surface area contributed by atoms with Crippen LogP contribution in [0.4, 0.5) is 19.0 Å². The fraction of sp³-hybridized carbons (Fsp3) is 0.143. The van der Waals surface area contributed by atoms with Gasteiger partial charge in [-0.1, -0.05) is 0 Å². The number of alkyl halides is 2. The first-order valence-corrected chi connectivity index (χ1v) is 3.25. The number of nitrogens with zero attached hydrogens (tertiary/aromatic N) is 1. The molecule has 0 atom stereocenters. The van der Waals surface area contributed by atoms with Gasteiger partial charge in [-0.2, -0.15) is 0 Å². The molecule has 1 aromatic rings. The van der Waals surface area contributed by atoms with E-state index in [1.165, 1.54) is 0 Å². The topological polar surface area (TPSA) is 56.0 Å². The number of nitrogens with two attached hydrogens (primary N) is 1. The smallest absolute Gasteiger partial charge is 0.266 e. The summed E-state index contributed by atoms with van der Waals surface area (Å²) in [4.78, 5) is 13.4. The Hall–Kier alpha value is -1.59. The number of hydrogen-bond acceptors (Lipinski definition) is 3. The van der Waals surface area contributed by atoms with Crippen molar-refractivity contribution >= 4 is 12.1 Å². The maximum absolute atomic E-state index is 12.9. The molecular weight excluding hydrogens is 185 g/mol. The van der Waals surface area contributed by atoms with Crippen molar-refractivity contribution in [3.8, 4) is 0 Å². The predicted molar refractivity (Wildman–Crippen MR) is 39.0 cm³/mol. The molecule has 0 amide bonds. The van der Waals surface area contributed by atoms with Crippen molar-refractivity contribution in [2.75, 3.05) is 5.73 Å². The highest BCUT2D eigenvalue weighted by Crippen LogP contribution is 2.24. The molecule has 0 aliphatic carbocycles. The van der Waals surface area contributed by atoms with Gasteiger partial charge in [0.05, 0.1) is 5.56 Å². The van der Waals surface area contributed by atoms with Gasteiger partial charge in [-0.05, 0) is 0 Å². The zero-order valence-electron chi connectivity index (χ0n) is 6.30. The summed E-state index contributed by atoms with van der Waals surface area (Å²) in [6.45, 7) is 0. The summed E-state index contributed by atoms with van der Waals surface area (Å²) in [6.07, 6.45) is -2.26. The van der Waals surface area contributed by atoms with Gasteiger partial charge in [0.25, 0.3) is 6.43 Å². The molecule has 0 bridgehead atoms. The van der Waals surface area contributed by atoms with Crippen molar-refractivity contribution in [1.29, 1.82) is 0 Å². The van der Waals surface area contributed by atoms with E-state index in [1.54, 1.807) is 0 Å². The van der Waals surface area contributed by atoms with E-state index in [2.05, 4.69) is 4.98 Å². The van der Waals surface area contributed by atoms with Crippen molar-refractivity contribution < 1.29 is 18.0 Å². The van der Waals surface area contributed by atoms with Gasteiger partial charge in [0.2, 0.25) is 0 Å². The van der Waals surface area contributed by atoms with Crippen molar-refractivity contribution in [3.05, 3.63) is 23.1 Å². The summed E-state index contributed by atoms with van der Waals surface area (Å²) in [5, 5.41) is 0. The number of rotatable bonds is 2. The van der Waals surface area contributed by atoms with Crippen LogP contribution in [0, 0.1) is 5.82 Å². The van der Waals surface area contributed by atoms with Gasteiger partial charge in [0.15, 0.2) is 17.9 Å². The summed E-state index contributed by atoms with van der Waals surface area (Å²) < 4.78 is 37.1. The molecule has 0 aliphatic rings. The van der Waals surface area contributed by atoms with E-state index in [1.807, 2.05) is 0 Å². The Morgan fingerprint density at radius 3 is 2.62 bits per heavy atom. The summed E-state index contributed by atoms with van der Waals surface area (Å²) >= 11 is 0. The normalized spacial score (nSPS) is 10.5. The van der Waals surface area contributed by atoms with Crippen molar-refractivity contribution in [1.82, 2.24) is 4.98 Å². The minimum Gasteiger partial charge on any atom is -0.381 e. The quantitative estimate of drug-likeness (QED) is 0.720. The first kappa shape index (κ1) is 9.50. The second kappa shape index (κ2) is 3.42. The van der Waals surface area contributed by atoms with Crippen LogP contribution >= 0.6 is 0 Å². The Bertz CT molecular complexity index is 341. The lowest BCUT2D eigenvalue weighted by molar-refractivity contribution is 0.110. The highest BCUT2D eigenvalue weighted by molar-refractivity contribution is 5.79. The van der Waals surface area contributed by atoms with E-state index in [0.717, 1.165) is 0 Å². The third-order valence-electron chi connectivity index (χ3n) is 1.47. The van der Waals surface area contributed by atoms with Crippen LogP contribution in [0.3, 0.4) is 0 Å². The van der Waals surface area contributed by atoms with E-state index < -0.39 is 29.2 Å². The van der Waals surface area contributed by atoms with Gasteiger partial charge < -0.3 is 5.73 Å². The highest BCUT2D eigenvalue weighted by atomic mass is 19.3. The molecule has 0 saturated heterocycles. The molecule has 0 radical (unpaired) electrons. The Kier molecular flexibility index (Phi) is 2.50. The number of halogens is 3. The zero-order valence-corrected chi connectivity index (χ0v) is 6.30. The van der Waals surface area contributed by atoms with Gasteiger partial charge in [0.1, 0.15) is 0 Å². The molecule has 0 aliphatic heterocycles. The summed E-state index contributed by atoms with van der Waals surface area (Å²) in [6, 6.07) is 0. The van der Waals surface area contributed by atoms with Crippen LogP contribution in [0.1, 0.15) is 22.3 Å². The average Bonchev–Trinajstić information content (AvgIpc) is 2.09. The molecule has 0 aromatic carbocycles. The molecule has 3 nitrogen and oxygen atoms in total. The second-order valence-corrected chi connectivity index (χ2v) is 2.24. The first-order chi connectivity index (χ1) is 6.07. The van der Waals surface area contributed by atoms with Gasteiger partial charge in [-0.25, -0.2) is 18.2 Å². The molecule has 0 fully saturated rings. The molecule has 1 aromatic heterocycles. The van der Waals surface area contributed by atoms with E-state index in [9.17, 15) is 18.0 Å². The van der Waals surface area contributed by atoms with Crippen LogP contribution in [-0.2, 0) is 0 Å². The van der Waals surface area contributed by atoms with Crippen LogP contribution in [0.2, 0.25) is 0 Å². The number of aromatic nitrogens is 1. The summed E-state index contributed by atoms with van der Waals surface area (Å²) in [5.41, 5.74) is 3.49. The van der Waals surface area contributed by atoms with Crippen LogP contribution in [0.25, 0.3) is 0 Å². The number of anilines is 1. The van der Waals surface area contributed by atoms with Crippen LogP contribution in [0.5, 0.6) is 0 Å². The second-order valence-electron chi connectivity index (χ2n) is 2.24. The van der Waals surface area contributed by atoms with Crippen molar-refractivity contribution in [2.24, 2.45) is 0 Å². The molecule has 2 N–H and O–H groups in total. The summed E-state index contributed by atoms with van der Waals surface area (Å²) in [5.74, 6) is -1.76. The van der Waals surface area contributed by atoms with Gasteiger partial charge in [-0.3, -0.25) is 4.79 Å². The highest BCUT2D eigenvalue weighted by Gasteiger charge is 2.18. The molecule has 70 valence electrons. The third kappa shape index (κ3) is 1.61. The van der Waals surface area contributed by atoms with E-state index in [-0.39, 0.29) is 6.29 Å². The fourth-order valence-electron chi connectivity index (χ4n) is 0.824. The molecule has 0 unspecified atom stereocenters. The largest absolute Gasteiger partial charge is 0.381 e. The first-order valence-electron chi connectivity index (χ1n) is 3.25. The van der Waals surface area contributed by atoms with Crippen LogP contribution < -0.4 is 5.73 Å². The van der Waals surface area contributed by atoms with Crippen LogP contribution in [-0.4, -0.2) is 11.3 Å². The van der Waals surface area contributed by atoms with E-state index in [0.29, 0.717) is 6.20 Å². The lowest BCUT2D eigenvalue weighted by atomic mass is 10.1. The SMILES string of the molecule is Nc1ncc(C(F)F)c(C=O)c1F. The molecule has 1 rings (SSSR count). The maximum atomic E-state index is 12.9. The molecular formula is C7H5F3N2O. The third-order valence-corrected chi connectivity index (χ3v) is 1.47. The Morgan fingerprint density at radius 2 is 2.15 bits per heavy atom. The lowest BCUT2D eigenvalue weighted by Gasteiger charge is -2.04. The van der Waals surface area contributed by atoms with Gasteiger partial charge in [0, 0.05) is 11.8 Å².